The molecule has 7 heteroatoms. The summed E-state index contributed by atoms with van der Waals surface area (Å²) < 4.78 is 34.7. The number of benzene rings is 1. The van der Waals surface area contributed by atoms with E-state index in [1.807, 2.05) is 0 Å². The predicted molar refractivity (Wildman–Crippen MR) is 52.1 cm³/mol. The molecule has 1 aromatic rings. The molecule has 0 aliphatic rings. The molecule has 0 saturated heterocycles. The first-order valence-electron chi connectivity index (χ1n) is 2.91. The zero-order valence-corrected chi connectivity index (χ0v) is 9.81. The fourth-order valence-electron chi connectivity index (χ4n) is 0.762. The first-order valence-corrected chi connectivity index (χ1v) is 6.39. The lowest BCUT2D eigenvalue weighted by atomic mass is 10.3. The number of hydrogen-bond acceptors (Lipinski definition) is 2. The van der Waals surface area contributed by atoms with E-state index in [1.54, 1.807) is 0 Å². The topological polar surface area (TPSA) is 34.1 Å². The van der Waals surface area contributed by atoms with E-state index in [0.29, 0.717) is 0 Å². The lowest BCUT2D eigenvalue weighted by Gasteiger charge is -2.02. The van der Waals surface area contributed by atoms with Crippen LogP contribution in [0.5, 0.6) is 0 Å². The Hall–Kier alpha value is 0.160. The SMILES string of the molecule is O=S(=O)(Cl)c1c(F)cc(Cl)cc1Br. The van der Waals surface area contributed by atoms with Gasteiger partial charge < -0.3 is 0 Å². The third-order valence-corrected chi connectivity index (χ3v) is 3.68. The van der Waals surface area contributed by atoms with Gasteiger partial charge in [0.2, 0.25) is 0 Å². The van der Waals surface area contributed by atoms with Crippen molar-refractivity contribution in [1.29, 1.82) is 0 Å². The van der Waals surface area contributed by atoms with Crippen LogP contribution in [0.15, 0.2) is 21.5 Å². The van der Waals surface area contributed by atoms with E-state index >= 15 is 0 Å². The van der Waals surface area contributed by atoms with Crippen molar-refractivity contribution in [2.45, 2.75) is 4.90 Å². The van der Waals surface area contributed by atoms with Gasteiger partial charge in [-0.2, -0.15) is 0 Å². The average molecular weight is 308 g/mol. The molecular weight excluding hydrogens is 306 g/mol. The lowest BCUT2D eigenvalue weighted by molar-refractivity contribution is 0.574. The van der Waals surface area contributed by atoms with E-state index in [1.165, 1.54) is 6.07 Å². The fraction of sp³-hybridized carbons (Fsp3) is 0. The summed E-state index contributed by atoms with van der Waals surface area (Å²) in [5.41, 5.74) is 0. The third kappa shape index (κ3) is 2.56. The van der Waals surface area contributed by atoms with Crippen molar-refractivity contribution in [3.8, 4) is 0 Å². The molecule has 1 rings (SSSR count). The standard InChI is InChI=1S/C6H2BrCl2FO2S/c7-4-1-3(8)2-5(10)6(4)13(9,11)12/h1-2H. The van der Waals surface area contributed by atoms with Crippen LogP contribution in [0.1, 0.15) is 0 Å². The van der Waals surface area contributed by atoms with Crippen LogP contribution in [0.4, 0.5) is 4.39 Å². The number of hydrogen-bond donors (Lipinski definition) is 0. The van der Waals surface area contributed by atoms with Gasteiger partial charge >= 0.3 is 0 Å². The highest BCUT2D eigenvalue weighted by molar-refractivity contribution is 9.10. The quantitative estimate of drug-likeness (QED) is 0.747. The van der Waals surface area contributed by atoms with Crippen molar-refractivity contribution in [2.24, 2.45) is 0 Å². The molecule has 0 radical (unpaired) electrons. The molecule has 0 aliphatic carbocycles. The molecule has 0 N–H and O–H groups in total. The maximum atomic E-state index is 13.0. The van der Waals surface area contributed by atoms with Gasteiger partial charge in [0.05, 0.1) is 0 Å². The minimum atomic E-state index is -4.09. The summed E-state index contributed by atoms with van der Waals surface area (Å²) in [4.78, 5) is -0.599. The summed E-state index contributed by atoms with van der Waals surface area (Å²) in [6.07, 6.45) is 0. The van der Waals surface area contributed by atoms with Gasteiger partial charge in [-0.1, -0.05) is 11.6 Å². The van der Waals surface area contributed by atoms with Crippen molar-refractivity contribution in [2.75, 3.05) is 0 Å². The van der Waals surface area contributed by atoms with Crippen LogP contribution >= 0.6 is 38.2 Å². The van der Waals surface area contributed by atoms with Crippen molar-refractivity contribution in [3.05, 3.63) is 27.4 Å². The second-order valence-electron chi connectivity index (χ2n) is 2.14. The van der Waals surface area contributed by atoms with Gasteiger partial charge in [0, 0.05) is 20.2 Å². The van der Waals surface area contributed by atoms with Crippen LogP contribution in [0.3, 0.4) is 0 Å². The largest absolute Gasteiger partial charge is 0.265 e. The Bertz CT molecular complexity index is 423. The first kappa shape index (κ1) is 11.2. The minimum absolute atomic E-state index is 0.00694. The highest BCUT2D eigenvalue weighted by atomic mass is 79.9. The smallest absolute Gasteiger partial charge is 0.207 e. The van der Waals surface area contributed by atoms with E-state index in [9.17, 15) is 12.8 Å². The molecule has 13 heavy (non-hydrogen) atoms. The van der Waals surface area contributed by atoms with Crippen LogP contribution in [-0.2, 0) is 9.05 Å². The summed E-state index contributed by atoms with van der Waals surface area (Å²) in [6.45, 7) is 0. The highest BCUT2D eigenvalue weighted by Gasteiger charge is 2.20. The molecule has 72 valence electrons. The molecule has 0 unspecified atom stereocenters. The van der Waals surface area contributed by atoms with Crippen molar-refractivity contribution in [1.82, 2.24) is 0 Å². The van der Waals surface area contributed by atoms with Gasteiger partial charge in [0.25, 0.3) is 9.05 Å². The second kappa shape index (κ2) is 3.73. The zero-order valence-electron chi connectivity index (χ0n) is 5.89. The summed E-state index contributed by atoms with van der Waals surface area (Å²) in [5.74, 6) is -0.977. The molecular formula is C6H2BrCl2FO2S. The molecule has 0 aromatic heterocycles. The fourth-order valence-corrected chi connectivity index (χ4v) is 3.51. The molecule has 1 aromatic carbocycles. The van der Waals surface area contributed by atoms with Gasteiger partial charge in [-0.3, -0.25) is 0 Å². The molecule has 0 spiro atoms. The van der Waals surface area contributed by atoms with Gasteiger partial charge in [0.1, 0.15) is 10.7 Å². The predicted octanol–water partition coefficient (Wildman–Crippen LogP) is 3.17. The van der Waals surface area contributed by atoms with Crippen LogP contribution in [0, 0.1) is 5.82 Å². The Morgan fingerprint density at radius 1 is 1.38 bits per heavy atom. The van der Waals surface area contributed by atoms with Crippen molar-refractivity contribution < 1.29 is 12.8 Å². The van der Waals surface area contributed by atoms with Crippen LogP contribution in [0.2, 0.25) is 5.02 Å². The van der Waals surface area contributed by atoms with Crippen LogP contribution < -0.4 is 0 Å². The maximum Gasteiger partial charge on any atom is 0.265 e. The first-order chi connectivity index (χ1) is 5.82. The molecule has 0 atom stereocenters. The van der Waals surface area contributed by atoms with E-state index in [4.69, 9.17) is 22.3 Å². The van der Waals surface area contributed by atoms with E-state index < -0.39 is 19.8 Å². The highest BCUT2D eigenvalue weighted by Crippen LogP contribution is 2.30. The van der Waals surface area contributed by atoms with E-state index in [2.05, 4.69) is 15.9 Å². The Morgan fingerprint density at radius 3 is 2.31 bits per heavy atom. The van der Waals surface area contributed by atoms with Gasteiger partial charge in [-0.15, -0.1) is 0 Å². The molecule has 2 nitrogen and oxygen atoms in total. The average Bonchev–Trinajstić information content (AvgIpc) is 1.78. The third-order valence-electron chi connectivity index (χ3n) is 1.21. The number of halogens is 4. The Morgan fingerprint density at radius 2 is 1.92 bits per heavy atom. The molecule has 0 aliphatic heterocycles. The van der Waals surface area contributed by atoms with Gasteiger partial charge in [-0.25, -0.2) is 12.8 Å². The summed E-state index contributed by atoms with van der Waals surface area (Å²) >= 11 is 8.31. The second-order valence-corrected chi connectivity index (χ2v) is 5.93. The van der Waals surface area contributed by atoms with Gasteiger partial charge in [-0.05, 0) is 28.1 Å². The van der Waals surface area contributed by atoms with Crippen molar-refractivity contribution in [3.63, 3.8) is 0 Å². The molecule has 0 bridgehead atoms. The van der Waals surface area contributed by atoms with E-state index in [-0.39, 0.29) is 9.50 Å². The summed E-state index contributed by atoms with van der Waals surface area (Å²) in [5, 5.41) is 0.0911. The monoisotopic (exact) mass is 306 g/mol. The molecule has 0 amide bonds. The Labute approximate surface area is 92.2 Å². The Balaban J connectivity index is 3.57. The summed E-state index contributed by atoms with van der Waals surface area (Å²) in [6, 6.07) is 2.13. The van der Waals surface area contributed by atoms with E-state index in [0.717, 1.165) is 6.07 Å². The van der Waals surface area contributed by atoms with Gasteiger partial charge in [0.15, 0.2) is 0 Å². The molecule has 0 saturated carbocycles. The molecule has 0 fully saturated rings. The van der Waals surface area contributed by atoms with Crippen LogP contribution in [-0.4, -0.2) is 8.42 Å². The van der Waals surface area contributed by atoms with Crippen molar-refractivity contribution >= 4 is 47.3 Å². The normalized spacial score (nSPS) is 11.7. The maximum absolute atomic E-state index is 13.0. The molecule has 0 heterocycles. The zero-order chi connectivity index (χ0) is 10.2. The van der Waals surface area contributed by atoms with Crippen LogP contribution in [0.25, 0.3) is 0 Å². The Kier molecular flexibility index (Phi) is 3.22. The lowest BCUT2D eigenvalue weighted by Crippen LogP contribution is -1.96. The number of rotatable bonds is 1. The summed E-state index contributed by atoms with van der Waals surface area (Å²) in [7, 11) is 0.891. The minimum Gasteiger partial charge on any atom is -0.207 e.